The van der Waals surface area contributed by atoms with E-state index in [-0.39, 0.29) is 35.3 Å². The topological polar surface area (TPSA) is 75.7 Å². The molecule has 7 heteroatoms. The maximum atomic E-state index is 12.8. The number of para-hydroxylation sites is 1. The van der Waals surface area contributed by atoms with Gasteiger partial charge >= 0.3 is 0 Å². The summed E-state index contributed by atoms with van der Waals surface area (Å²) < 4.78 is 34.0. The average molecular weight is 443 g/mol. The van der Waals surface area contributed by atoms with Crippen molar-refractivity contribution in [1.29, 1.82) is 0 Å². The molecule has 2 aliphatic rings. The van der Waals surface area contributed by atoms with Crippen LogP contribution < -0.4 is 14.4 Å². The number of fused-ring (bicyclic) bond motifs is 1. The predicted molar refractivity (Wildman–Crippen MR) is 121 cm³/mol. The Bertz CT molecular complexity index is 1080. The van der Waals surface area contributed by atoms with E-state index < -0.39 is 10.0 Å². The highest BCUT2D eigenvalue weighted by atomic mass is 32.2. The SMILES string of the molecule is CC(C)(C)c1ccccc1OCCNS(=O)(=O)c1ccc2c(c1)CCN2C(=O)C1CC1. The van der Waals surface area contributed by atoms with E-state index in [1.807, 2.05) is 24.3 Å². The number of amides is 1. The fraction of sp³-hybridized carbons (Fsp3) is 0.458. The largest absolute Gasteiger partial charge is 0.492 e. The third-order valence-electron chi connectivity index (χ3n) is 5.80. The first-order valence-electron chi connectivity index (χ1n) is 10.8. The summed E-state index contributed by atoms with van der Waals surface area (Å²) in [4.78, 5) is 14.4. The van der Waals surface area contributed by atoms with Gasteiger partial charge in [-0.1, -0.05) is 39.0 Å². The van der Waals surface area contributed by atoms with Crippen LogP contribution in [0.1, 0.15) is 44.7 Å². The fourth-order valence-corrected chi connectivity index (χ4v) is 5.02. The lowest BCUT2D eigenvalue weighted by molar-refractivity contribution is -0.119. The van der Waals surface area contributed by atoms with Crippen LogP contribution in [0.5, 0.6) is 5.75 Å². The molecular weight excluding hydrogens is 412 g/mol. The van der Waals surface area contributed by atoms with Crippen LogP contribution in [0, 0.1) is 5.92 Å². The highest BCUT2D eigenvalue weighted by Gasteiger charge is 2.36. The molecule has 2 aromatic rings. The normalized spacial score (nSPS) is 16.3. The highest BCUT2D eigenvalue weighted by Crippen LogP contribution is 2.37. The molecule has 0 unspecified atom stereocenters. The number of nitrogens with one attached hydrogen (secondary N) is 1. The summed E-state index contributed by atoms with van der Waals surface area (Å²) in [6.45, 7) is 7.38. The Labute approximate surface area is 184 Å². The van der Waals surface area contributed by atoms with Crippen molar-refractivity contribution in [3.63, 3.8) is 0 Å². The van der Waals surface area contributed by atoms with Gasteiger partial charge in [-0.2, -0.15) is 0 Å². The molecule has 0 bridgehead atoms. The Kier molecular flexibility index (Phi) is 5.83. The number of carbonyl (C=O) groups excluding carboxylic acids is 1. The predicted octanol–water partition coefficient (Wildman–Crippen LogP) is 3.64. The van der Waals surface area contributed by atoms with Crippen molar-refractivity contribution in [2.45, 2.75) is 50.3 Å². The molecule has 0 spiro atoms. The molecule has 166 valence electrons. The quantitative estimate of drug-likeness (QED) is 0.665. The van der Waals surface area contributed by atoms with Crippen LogP contribution in [0.15, 0.2) is 47.4 Å². The molecule has 1 amide bonds. The minimum atomic E-state index is -3.65. The van der Waals surface area contributed by atoms with E-state index in [9.17, 15) is 13.2 Å². The molecule has 1 saturated carbocycles. The van der Waals surface area contributed by atoms with Gasteiger partial charge in [0.2, 0.25) is 15.9 Å². The average Bonchev–Trinajstić information content (AvgIpc) is 3.49. The summed E-state index contributed by atoms with van der Waals surface area (Å²) in [5, 5.41) is 0. The lowest BCUT2D eigenvalue weighted by atomic mass is 9.86. The third kappa shape index (κ3) is 4.77. The lowest BCUT2D eigenvalue weighted by Crippen LogP contribution is -2.30. The smallest absolute Gasteiger partial charge is 0.240 e. The highest BCUT2D eigenvalue weighted by molar-refractivity contribution is 7.89. The second kappa shape index (κ2) is 8.28. The number of sulfonamides is 1. The summed E-state index contributed by atoms with van der Waals surface area (Å²) in [7, 11) is -3.65. The zero-order valence-electron chi connectivity index (χ0n) is 18.3. The molecule has 1 heterocycles. The molecule has 6 nitrogen and oxygen atoms in total. The minimum absolute atomic E-state index is 0.0602. The van der Waals surface area contributed by atoms with Crippen LogP contribution in [0.2, 0.25) is 0 Å². The van der Waals surface area contributed by atoms with Crippen LogP contribution in [0.4, 0.5) is 5.69 Å². The van der Waals surface area contributed by atoms with Crippen LogP contribution in [-0.4, -0.2) is 34.0 Å². The number of rotatable bonds is 7. The molecule has 31 heavy (non-hydrogen) atoms. The standard InChI is InChI=1S/C24H30N2O4S/c1-24(2,3)20-6-4-5-7-22(20)30-15-13-25-31(28,29)19-10-11-21-18(16-19)12-14-26(21)23(27)17-8-9-17/h4-7,10-11,16-17,25H,8-9,12-15H2,1-3H3. The Balaban J connectivity index is 1.38. The monoisotopic (exact) mass is 442 g/mol. The van der Waals surface area contributed by atoms with E-state index in [4.69, 9.17) is 4.74 Å². The fourth-order valence-electron chi connectivity index (χ4n) is 3.96. The van der Waals surface area contributed by atoms with Crippen LogP contribution >= 0.6 is 0 Å². The number of anilines is 1. The van der Waals surface area contributed by atoms with E-state index in [1.165, 1.54) is 0 Å². The zero-order chi connectivity index (χ0) is 22.2. The second-order valence-electron chi connectivity index (χ2n) is 9.30. The number of hydrogen-bond acceptors (Lipinski definition) is 4. The van der Waals surface area contributed by atoms with Gasteiger partial charge < -0.3 is 9.64 Å². The third-order valence-corrected chi connectivity index (χ3v) is 7.25. The Morgan fingerprint density at radius 2 is 1.90 bits per heavy atom. The maximum absolute atomic E-state index is 12.8. The number of ether oxygens (including phenoxy) is 1. The summed E-state index contributed by atoms with van der Waals surface area (Å²) in [6.07, 6.45) is 2.61. The van der Waals surface area contributed by atoms with Crippen molar-refractivity contribution in [1.82, 2.24) is 4.72 Å². The van der Waals surface area contributed by atoms with Gasteiger partial charge in [0.1, 0.15) is 12.4 Å². The first kappa shape index (κ1) is 21.8. The Hall–Kier alpha value is -2.38. The molecule has 0 atom stereocenters. The maximum Gasteiger partial charge on any atom is 0.240 e. The molecule has 4 rings (SSSR count). The minimum Gasteiger partial charge on any atom is -0.492 e. The summed E-state index contributed by atoms with van der Waals surface area (Å²) in [5.74, 6) is 1.09. The van der Waals surface area contributed by atoms with Crippen molar-refractivity contribution in [3.05, 3.63) is 53.6 Å². The first-order valence-corrected chi connectivity index (χ1v) is 12.3. The molecule has 0 aromatic heterocycles. The van der Waals surface area contributed by atoms with E-state index >= 15 is 0 Å². The molecule has 2 aromatic carbocycles. The molecule has 1 aliphatic heterocycles. The van der Waals surface area contributed by atoms with Gasteiger partial charge in [0, 0.05) is 24.7 Å². The van der Waals surface area contributed by atoms with Crippen molar-refractivity contribution in [3.8, 4) is 5.75 Å². The van der Waals surface area contributed by atoms with Gasteiger partial charge in [0.05, 0.1) is 4.90 Å². The summed E-state index contributed by atoms with van der Waals surface area (Å²) >= 11 is 0. The van der Waals surface area contributed by atoms with Gasteiger partial charge in [-0.25, -0.2) is 13.1 Å². The van der Waals surface area contributed by atoms with Gasteiger partial charge in [-0.05, 0) is 60.1 Å². The molecule has 1 N–H and O–H groups in total. The Morgan fingerprint density at radius 1 is 1.16 bits per heavy atom. The van der Waals surface area contributed by atoms with Crippen LogP contribution in [0.3, 0.4) is 0 Å². The van der Waals surface area contributed by atoms with Gasteiger partial charge in [-0.15, -0.1) is 0 Å². The van der Waals surface area contributed by atoms with Crippen molar-refractivity contribution in [2.24, 2.45) is 5.92 Å². The first-order chi connectivity index (χ1) is 14.7. The number of nitrogens with zero attached hydrogens (tertiary/aromatic N) is 1. The summed E-state index contributed by atoms with van der Waals surface area (Å²) in [6, 6.07) is 12.8. The van der Waals surface area contributed by atoms with E-state index in [0.717, 1.165) is 35.4 Å². The van der Waals surface area contributed by atoms with Crippen molar-refractivity contribution >= 4 is 21.6 Å². The van der Waals surface area contributed by atoms with Gasteiger partial charge in [0.15, 0.2) is 0 Å². The van der Waals surface area contributed by atoms with Crippen LogP contribution in [-0.2, 0) is 26.7 Å². The zero-order valence-corrected chi connectivity index (χ0v) is 19.2. The van der Waals surface area contributed by atoms with Crippen molar-refractivity contribution in [2.75, 3.05) is 24.6 Å². The lowest BCUT2D eigenvalue weighted by Gasteiger charge is -2.22. The van der Waals surface area contributed by atoms with Crippen molar-refractivity contribution < 1.29 is 17.9 Å². The van der Waals surface area contributed by atoms with E-state index in [0.29, 0.717) is 13.0 Å². The van der Waals surface area contributed by atoms with Gasteiger partial charge in [0.25, 0.3) is 0 Å². The second-order valence-corrected chi connectivity index (χ2v) is 11.1. The molecular formula is C24H30N2O4S. The number of hydrogen-bond donors (Lipinski definition) is 1. The molecule has 1 aliphatic carbocycles. The van der Waals surface area contributed by atoms with Crippen LogP contribution in [0.25, 0.3) is 0 Å². The molecule has 1 fully saturated rings. The van der Waals surface area contributed by atoms with E-state index in [2.05, 4.69) is 25.5 Å². The number of carbonyl (C=O) groups is 1. The van der Waals surface area contributed by atoms with E-state index in [1.54, 1.807) is 23.1 Å². The summed E-state index contributed by atoms with van der Waals surface area (Å²) in [5.41, 5.74) is 2.78. The van der Waals surface area contributed by atoms with Gasteiger partial charge in [-0.3, -0.25) is 4.79 Å². The molecule has 0 saturated heterocycles. The number of benzene rings is 2. The molecule has 0 radical (unpaired) electrons. The Morgan fingerprint density at radius 3 is 2.61 bits per heavy atom.